The first kappa shape index (κ1) is 19.3. The molecule has 6 nitrogen and oxygen atoms in total. The van der Waals surface area contributed by atoms with Crippen LogP contribution in [0, 0.1) is 0 Å². The summed E-state index contributed by atoms with van der Waals surface area (Å²) in [5, 5.41) is 5.29. The first-order valence-electron chi connectivity index (χ1n) is 9.36. The Bertz CT molecular complexity index is 1220. The zero-order valence-electron chi connectivity index (χ0n) is 16.6. The molecule has 0 saturated heterocycles. The second kappa shape index (κ2) is 8.13. The molecule has 0 aliphatic heterocycles. The second-order valence-electron chi connectivity index (χ2n) is 6.61. The molecule has 0 aliphatic rings. The molecule has 4 rings (SSSR count). The number of anilines is 1. The summed E-state index contributed by atoms with van der Waals surface area (Å²) in [6.45, 7) is 0. The van der Waals surface area contributed by atoms with Gasteiger partial charge in [-0.05, 0) is 36.4 Å². The Morgan fingerprint density at radius 2 is 1.37 bits per heavy atom. The van der Waals surface area contributed by atoms with Gasteiger partial charge in [0.15, 0.2) is 0 Å². The Balaban J connectivity index is 1.73. The van der Waals surface area contributed by atoms with Crippen LogP contribution in [0.4, 0.5) is 5.69 Å². The zero-order chi connectivity index (χ0) is 21.1. The summed E-state index contributed by atoms with van der Waals surface area (Å²) in [5.74, 6) is -1.31. The van der Waals surface area contributed by atoms with Crippen molar-refractivity contribution in [2.75, 3.05) is 19.5 Å². The first-order valence-corrected chi connectivity index (χ1v) is 9.36. The molecule has 30 heavy (non-hydrogen) atoms. The van der Waals surface area contributed by atoms with Gasteiger partial charge >= 0.3 is 11.9 Å². The molecule has 0 aliphatic carbocycles. The van der Waals surface area contributed by atoms with E-state index in [-0.39, 0.29) is 5.70 Å². The van der Waals surface area contributed by atoms with Crippen LogP contribution in [-0.4, -0.2) is 30.7 Å². The van der Waals surface area contributed by atoms with Gasteiger partial charge in [-0.2, -0.15) is 0 Å². The van der Waals surface area contributed by atoms with Gasteiger partial charge in [0.1, 0.15) is 5.70 Å². The van der Waals surface area contributed by atoms with Gasteiger partial charge in [0.2, 0.25) is 0 Å². The number of aromatic nitrogens is 1. The monoisotopic (exact) mass is 400 g/mol. The number of benzene rings is 3. The van der Waals surface area contributed by atoms with E-state index in [1.54, 1.807) is 0 Å². The zero-order valence-corrected chi connectivity index (χ0v) is 16.6. The average Bonchev–Trinajstić information content (AvgIpc) is 3.13. The van der Waals surface area contributed by atoms with Gasteiger partial charge in [-0.1, -0.05) is 36.4 Å². The highest BCUT2D eigenvalue weighted by atomic mass is 16.5. The van der Waals surface area contributed by atoms with Crippen molar-refractivity contribution in [3.8, 4) is 5.69 Å². The van der Waals surface area contributed by atoms with E-state index in [1.165, 1.54) is 25.0 Å². The average molecular weight is 400 g/mol. The molecular weight excluding hydrogens is 380 g/mol. The maximum Gasteiger partial charge on any atom is 0.354 e. The number of rotatable bonds is 5. The molecule has 1 heterocycles. The minimum Gasteiger partial charge on any atom is -0.466 e. The molecule has 0 radical (unpaired) electrons. The Morgan fingerprint density at radius 1 is 0.800 bits per heavy atom. The lowest BCUT2D eigenvalue weighted by Gasteiger charge is -2.11. The van der Waals surface area contributed by atoms with Gasteiger partial charge in [0.05, 0.1) is 31.3 Å². The van der Waals surface area contributed by atoms with E-state index in [0.29, 0.717) is 5.69 Å². The third-order valence-electron chi connectivity index (χ3n) is 4.85. The van der Waals surface area contributed by atoms with Crippen molar-refractivity contribution in [3.05, 3.63) is 84.6 Å². The standard InChI is InChI=1S/C24H20N2O4/c1-29-23(27)15-20(24(28)30-2)25-16-11-13-17(14-12-16)26-21-9-5-3-7-18(21)19-8-4-6-10-22(19)26/h3-15,25H,1-2H3/b20-15+. The molecule has 3 aromatic carbocycles. The molecule has 0 bridgehead atoms. The summed E-state index contributed by atoms with van der Waals surface area (Å²) in [4.78, 5) is 23.5. The molecule has 0 fully saturated rings. The highest BCUT2D eigenvalue weighted by Crippen LogP contribution is 2.32. The smallest absolute Gasteiger partial charge is 0.354 e. The molecule has 0 atom stereocenters. The molecule has 0 unspecified atom stereocenters. The van der Waals surface area contributed by atoms with E-state index in [1.807, 2.05) is 48.5 Å². The van der Waals surface area contributed by atoms with Crippen molar-refractivity contribution >= 4 is 39.4 Å². The normalized spacial score (nSPS) is 11.5. The number of carbonyl (C=O) groups excluding carboxylic acids is 2. The summed E-state index contributed by atoms with van der Waals surface area (Å²) in [6.07, 6.45) is 1.06. The maximum atomic E-state index is 11.9. The Hall–Kier alpha value is -4.06. The summed E-state index contributed by atoms with van der Waals surface area (Å²) in [5.41, 5.74) is 3.84. The maximum absolute atomic E-state index is 11.9. The fraction of sp³-hybridized carbons (Fsp3) is 0.0833. The minimum absolute atomic E-state index is 0.00559. The summed E-state index contributed by atoms with van der Waals surface area (Å²) in [6, 6.07) is 24.1. The van der Waals surface area contributed by atoms with Crippen LogP contribution in [0.2, 0.25) is 0 Å². The van der Waals surface area contributed by atoms with E-state index in [0.717, 1.165) is 22.8 Å². The molecule has 4 aromatic rings. The van der Waals surface area contributed by atoms with Gasteiger partial charge in [-0.3, -0.25) is 0 Å². The van der Waals surface area contributed by atoms with Crippen molar-refractivity contribution in [2.24, 2.45) is 0 Å². The fourth-order valence-electron chi connectivity index (χ4n) is 3.48. The predicted octanol–water partition coefficient (Wildman–Crippen LogP) is 4.43. The molecule has 150 valence electrons. The Kier molecular flexibility index (Phi) is 5.22. The lowest BCUT2D eigenvalue weighted by molar-refractivity contribution is -0.138. The lowest BCUT2D eigenvalue weighted by Crippen LogP contribution is -2.15. The number of fused-ring (bicyclic) bond motifs is 3. The van der Waals surface area contributed by atoms with Crippen molar-refractivity contribution in [1.29, 1.82) is 0 Å². The van der Waals surface area contributed by atoms with Crippen molar-refractivity contribution in [3.63, 3.8) is 0 Å². The number of methoxy groups -OCH3 is 2. The van der Waals surface area contributed by atoms with Crippen LogP contribution in [0.5, 0.6) is 0 Å². The third-order valence-corrected chi connectivity index (χ3v) is 4.85. The van der Waals surface area contributed by atoms with Crippen molar-refractivity contribution < 1.29 is 19.1 Å². The summed E-state index contributed by atoms with van der Waals surface area (Å²) < 4.78 is 11.5. The lowest BCUT2D eigenvalue weighted by atomic mass is 10.2. The SMILES string of the molecule is COC(=O)/C=C(/Nc1ccc(-n2c3ccccc3c3ccccc32)cc1)C(=O)OC. The minimum atomic E-state index is -0.660. The molecule has 1 N–H and O–H groups in total. The van der Waals surface area contributed by atoms with Crippen LogP contribution in [0.1, 0.15) is 0 Å². The fourth-order valence-corrected chi connectivity index (χ4v) is 3.48. The van der Waals surface area contributed by atoms with Crippen LogP contribution >= 0.6 is 0 Å². The van der Waals surface area contributed by atoms with Crippen LogP contribution in [0.25, 0.3) is 27.5 Å². The topological polar surface area (TPSA) is 69.6 Å². The van der Waals surface area contributed by atoms with E-state index in [4.69, 9.17) is 4.74 Å². The predicted molar refractivity (Wildman–Crippen MR) is 117 cm³/mol. The molecule has 0 spiro atoms. The highest BCUT2D eigenvalue weighted by Gasteiger charge is 2.14. The van der Waals surface area contributed by atoms with Crippen LogP contribution < -0.4 is 5.32 Å². The number of hydrogen-bond acceptors (Lipinski definition) is 5. The van der Waals surface area contributed by atoms with Gasteiger partial charge < -0.3 is 19.4 Å². The number of nitrogens with one attached hydrogen (secondary N) is 1. The quantitative estimate of drug-likeness (QED) is 0.397. The number of nitrogens with zero attached hydrogens (tertiary/aromatic N) is 1. The number of para-hydroxylation sites is 2. The van der Waals surface area contributed by atoms with Crippen LogP contribution in [0.15, 0.2) is 84.6 Å². The highest BCUT2D eigenvalue weighted by molar-refractivity contribution is 6.09. The van der Waals surface area contributed by atoms with Gasteiger partial charge in [-0.25, -0.2) is 9.59 Å². The van der Waals surface area contributed by atoms with E-state index in [9.17, 15) is 9.59 Å². The third kappa shape index (κ3) is 3.51. The van der Waals surface area contributed by atoms with E-state index < -0.39 is 11.9 Å². The van der Waals surface area contributed by atoms with Crippen molar-refractivity contribution in [1.82, 2.24) is 4.57 Å². The molecule has 1 aromatic heterocycles. The molecule has 0 saturated carbocycles. The summed E-state index contributed by atoms with van der Waals surface area (Å²) in [7, 11) is 2.49. The molecule has 6 heteroatoms. The van der Waals surface area contributed by atoms with Crippen LogP contribution in [-0.2, 0) is 19.1 Å². The Labute approximate surface area is 173 Å². The van der Waals surface area contributed by atoms with Gasteiger partial charge in [-0.15, -0.1) is 0 Å². The van der Waals surface area contributed by atoms with Gasteiger partial charge in [0, 0.05) is 22.1 Å². The second-order valence-corrected chi connectivity index (χ2v) is 6.61. The number of esters is 2. The Morgan fingerprint density at radius 3 is 1.90 bits per heavy atom. The molecule has 0 amide bonds. The van der Waals surface area contributed by atoms with E-state index in [2.05, 4.69) is 38.9 Å². The number of ether oxygens (including phenoxy) is 2. The van der Waals surface area contributed by atoms with Crippen LogP contribution in [0.3, 0.4) is 0 Å². The molecular formula is C24H20N2O4. The van der Waals surface area contributed by atoms with Crippen molar-refractivity contribution in [2.45, 2.75) is 0 Å². The largest absolute Gasteiger partial charge is 0.466 e. The first-order chi connectivity index (χ1) is 14.6. The van der Waals surface area contributed by atoms with Gasteiger partial charge in [0.25, 0.3) is 0 Å². The van der Waals surface area contributed by atoms with E-state index >= 15 is 0 Å². The number of hydrogen-bond donors (Lipinski definition) is 1. The number of carbonyl (C=O) groups is 2. The summed E-state index contributed by atoms with van der Waals surface area (Å²) >= 11 is 0.